The second-order valence-corrected chi connectivity index (χ2v) is 5.09. The van der Waals surface area contributed by atoms with Crippen LogP contribution in [-0.4, -0.2) is 28.5 Å². The molecule has 0 aliphatic carbocycles. The van der Waals surface area contributed by atoms with Gasteiger partial charge in [-0.05, 0) is 32.0 Å². The Kier molecular flexibility index (Phi) is 4.42. The highest BCUT2D eigenvalue weighted by Crippen LogP contribution is 2.12. The summed E-state index contributed by atoms with van der Waals surface area (Å²) >= 11 is 0. The summed E-state index contributed by atoms with van der Waals surface area (Å²) in [7, 11) is 0. The number of hydrogen-bond donors (Lipinski definition) is 4. The quantitative estimate of drug-likeness (QED) is 0.609. The summed E-state index contributed by atoms with van der Waals surface area (Å²) < 4.78 is 0. The van der Waals surface area contributed by atoms with Crippen molar-refractivity contribution in [3.05, 3.63) is 28.6 Å². The minimum absolute atomic E-state index is 0.0478. The van der Waals surface area contributed by atoms with Gasteiger partial charge in [-0.25, -0.2) is 4.98 Å². The van der Waals surface area contributed by atoms with Gasteiger partial charge in [-0.2, -0.15) is 0 Å². The van der Waals surface area contributed by atoms with Gasteiger partial charge in [0.2, 0.25) is 11.9 Å². The molecule has 2 rings (SSSR count). The number of amides is 1. The lowest BCUT2D eigenvalue weighted by atomic mass is 10.2. The van der Waals surface area contributed by atoms with E-state index in [2.05, 4.69) is 20.6 Å². The Morgan fingerprint density at radius 2 is 2.19 bits per heavy atom. The largest absolute Gasteiger partial charge is 0.399 e. The molecule has 7 nitrogen and oxygen atoms in total. The second kappa shape index (κ2) is 6.25. The first kappa shape index (κ1) is 14.8. The molecule has 0 unspecified atom stereocenters. The molecular formula is C14H19N5O2. The van der Waals surface area contributed by atoms with Crippen LogP contribution < -0.4 is 21.9 Å². The zero-order valence-electron chi connectivity index (χ0n) is 12.1. The van der Waals surface area contributed by atoms with Gasteiger partial charge in [-0.1, -0.05) is 0 Å². The molecule has 112 valence electrons. The molecule has 1 amide bonds. The lowest BCUT2D eigenvalue weighted by Crippen LogP contribution is -2.31. The van der Waals surface area contributed by atoms with Crippen LogP contribution in [0.2, 0.25) is 0 Å². The average molecular weight is 289 g/mol. The fraction of sp³-hybridized carbons (Fsp3) is 0.357. The molecule has 1 aromatic heterocycles. The third-order valence-corrected chi connectivity index (χ3v) is 2.82. The minimum atomic E-state index is -0.263. The highest BCUT2D eigenvalue weighted by atomic mass is 16.1. The molecule has 21 heavy (non-hydrogen) atoms. The van der Waals surface area contributed by atoms with Crippen LogP contribution >= 0.6 is 0 Å². The number of carbonyl (C=O) groups excluding carboxylic acids is 1. The zero-order valence-corrected chi connectivity index (χ0v) is 12.1. The molecule has 0 spiro atoms. The number of benzene rings is 1. The summed E-state index contributed by atoms with van der Waals surface area (Å²) in [4.78, 5) is 30.3. The van der Waals surface area contributed by atoms with Crippen molar-refractivity contribution in [1.29, 1.82) is 0 Å². The van der Waals surface area contributed by atoms with Crippen molar-refractivity contribution in [3.8, 4) is 0 Å². The topological polar surface area (TPSA) is 113 Å². The fourth-order valence-corrected chi connectivity index (χ4v) is 1.93. The Morgan fingerprint density at radius 1 is 1.43 bits per heavy atom. The lowest BCUT2D eigenvalue weighted by Gasteiger charge is -2.09. The summed E-state index contributed by atoms with van der Waals surface area (Å²) in [5.74, 6) is 0.294. The number of aromatic nitrogens is 2. The highest BCUT2D eigenvalue weighted by molar-refractivity contribution is 5.81. The summed E-state index contributed by atoms with van der Waals surface area (Å²) in [5, 5.41) is 6.17. The minimum Gasteiger partial charge on any atom is -0.399 e. The van der Waals surface area contributed by atoms with Crippen LogP contribution in [0, 0.1) is 0 Å². The third kappa shape index (κ3) is 3.95. The normalized spacial score (nSPS) is 10.8. The van der Waals surface area contributed by atoms with E-state index in [4.69, 9.17) is 5.73 Å². The summed E-state index contributed by atoms with van der Waals surface area (Å²) in [6.07, 6.45) is 0.307. The maximum atomic E-state index is 11.9. The number of H-pyrrole nitrogens is 1. The van der Waals surface area contributed by atoms with Gasteiger partial charge in [0.15, 0.2) is 0 Å². The molecule has 0 aliphatic heterocycles. The number of nitrogens with zero attached hydrogens (tertiary/aromatic N) is 1. The molecule has 7 heteroatoms. The van der Waals surface area contributed by atoms with Gasteiger partial charge < -0.3 is 16.4 Å². The summed E-state index contributed by atoms with van der Waals surface area (Å²) in [6, 6.07) is 5.08. The van der Waals surface area contributed by atoms with Crippen LogP contribution in [-0.2, 0) is 4.79 Å². The number of hydrogen-bond acceptors (Lipinski definition) is 5. The van der Waals surface area contributed by atoms with E-state index < -0.39 is 0 Å². The van der Waals surface area contributed by atoms with Crippen LogP contribution in [0.4, 0.5) is 11.6 Å². The number of nitrogens with two attached hydrogens (primary N) is 1. The van der Waals surface area contributed by atoms with Crippen molar-refractivity contribution in [3.63, 3.8) is 0 Å². The Morgan fingerprint density at radius 3 is 2.90 bits per heavy atom. The van der Waals surface area contributed by atoms with E-state index in [1.165, 1.54) is 0 Å². The van der Waals surface area contributed by atoms with Gasteiger partial charge in [0.05, 0.1) is 10.9 Å². The van der Waals surface area contributed by atoms with Crippen LogP contribution in [0.15, 0.2) is 23.0 Å². The standard InChI is InChI=1S/C14H19N5O2/c1-8(2)17-12(20)5-6-16-14-18-11-4-3-9(15)7-10(11)13(21)19-14/h3-4,7-8H,5-6,15H2,1-2H3,(H,17,20)(H2,16,18,19,21). The predicted molar refractivity (Wildman–Crippen MR) is 83.2 cm³/mol. The number of nitrogens with one attached hydrogen (secondary N) is 3. The van der Waals surface area contributed by atoms with Crippen LogP contribution in [0.3, 0.4) is 0 Å². The van der Waals surface area contributed by atoms with Crippen LogP contribution in [0.25, 0.3) is 10.9 Å². The predicted octanol–water partition coefficient (Wildman–Crippen LogP) is 0.832. The van der Waals surface area contributed by atoms with Crippen molar-refractivity contribution in [2.45, 2.75) is 26.3 Å². The molecule has 5 N–H and O–H groups in total. The van der Waals surface area contributed by atoms with E-state index in [0.717, 1.165) is 0 Å². The van der Waals surface area contributed by atoms with Crippen LogP contribution in [0.5, 0.6) is 0 Å². The van der Waals surface area contributed by atoms with E-state index in [9.17, 15) is 9.59 Å². The molecule has 0 radical (unpaired) electrons. The molecule has 1 heterocycles. The maximum Gasteiger partial charge on any atom is 0.260 e. The van der Waals surface area contributed by atoms with Gasteiger partial charge in [0.25, 0.3) is 5.56 Å². The Bertz CT molecular complexity index is 708. The number of fused-ring (bicyclic) bond motifs is 1. The maximum absolute atomic E-state index is 11.9. The SMILES string of the molecule is CC(C)NC(=O)CCNc1nc2ccc(N)cc2c(=O)[nH]1. The first-order chi connectivity index (χ1) is 9.95. The molecule has 0 atom stereocenters. The Labute approximate surface area is 122 Å². The monoisotopic (exact) mass is 289 g/mol. The molecule has 0 fully saturated rings. The zero-order chi connectivity index (χ0) is 15.4. The third-order valence-electron chi connectivity index (χ3n) is 2.82. The van der Waals surface area contributed by atoms with Gasteiger partial charge >= 0.3 is 0 Å². The van der Waals surface area contributed by atoms with Gasteiger partial charge in [0, 0.05) is 24.7 Å². The van der Waals surface area contributed by atoms with E-state index in [0.29, 0.717) is 35.5 Å². The van der Waals surface area contributed by atoms with Gasteiger partial charge in [0.1, 0.15) is 0 Å². The Balaban J connectivity index is 2.05. The van der Waals surface area contributed by atoms with E-state index in [1.807, 2.05) is 13.8 Å². The van der Waals surface area contributed by atoms with Crippen molar-refractivity contribution in [2.24, 2.45) is 0 Å². The molecule has 1 aromatic carbocycles. The number of nitrogen functional groups attached to an aromatic ring is 1. The lowest BCUT2D eigenvalue weighted by molar-refractivity contribution is -0.121. The van der Waals surface area contributed by atoms with Crippen molar-refractivity contribution >= 4 is 28.4 Å². The first-order valence-corrected chi connectivity index (χ1v) is 6.78. The smallest absolute Gasteiger partial charge is 0.260 e. The second-order valence-electron chi connectivity index (χ2n) is 5.09. The molecule has 2 aromatic rings. The summed E-state index contributed by atoms with van der Waals surface area (Å²) in [5.41, 5.74) is 6.45. The van der Waals surface area contributed by atoms with Gasteiger partial charge in [-0.15, -0.1) is 0 Å². The molecule has 0 aliphatic rings. The number of rotatable bonds is 5. The average Bonchev–Trinajstić information content (AvgIpc) is 2.39. The fourth-order valence-electron chi connectivity index (χ4n) is 1.93. The van der Waals surface area contributed by atoms with E-state index in [1.54, 1.807) is 18.2 Å². The number of aromatic amines is 1. The van der Waals surface area contributed by atoms with E-state index in [-0.39, 0.29) is 17.5 Å². The molecule has 0 saturated carbocycles. The summed E-state index contributed by atoms with van der Waals surface area (Å²) in [6.45, 7) is 4.20. The van der Waals surface area contributed by atoms with Crippen molar-refractivity contribution in [2.75, 3.05) is 17.6 Å². The number of carbonyl (C=O) groups is 1. The van der Waals surface area contributed by atoms with Crippen molar-refractivity contribution < 1.29 is 4.79 Å². The van der Waals surface area contributed by atoms with Crippen LogP contribution in [0.1, 0.15) is 20.3 Å². The first-order valence-electron chi connectivity index (χ1n) is 6.78. The van der Waals surface area contributed by atoms with E-state index >= 15 is 0 Å². The molecule has 0 saturated heterocycles. The Hall–Kier alpha value is -2.57. The van der Waals surface area contributed by atoms with Gasteiger partial charge in [-0.3, -0.25) is 14.6 Å². The van der Waals surface area contributed by atoms with Crippen molar-refractivity contribution in [1.82, 2.24) is 15.3 Å². The molecule has 0 bridgehead atoms. The number of anilines is 2. The highest BCUT2D eigenvalue weighted by Gasteiger charge is 2.06. The molecular weight excluding hydrogens is 270 g/mol.